The first-order chi connectivity index (χ1) is 9.60. The molecule has 0 spiro atoms. The van der Waals surface area contributed by atoms with E-state index in [1.54, 1.807) is 23.9 Å². The molecule has 106 valence electrons. The molecule has 0 saturated heterocycles. The van der Waals surface area contributed by atoms with Gasteiger partial charge in [0.15, 0.2) is 0 Å². The number of nitrogens with one attached hydrogen (secondary N) is 1. The average Bonchev–Trinajstić information content (AvgIpc) is 2.43. The number of hydrogen-bond acceptors (Lipinski definition) is 2. The fraction of sp³-hybridized carbons (Fsp3) is 0.200. The second-order valence-electron chi connectivity index (χ2n) is 4.28. The van der Waals surface area contributed by atoms with Crippen molar-refractivity contribution in [1.82, 2.24) is 5.32 Å². The average molecular weight is 330 g/mol. The largest absolute Gasteiger partial charge is 0.312 e. The zero-order valence-electron chi connectivity index (χ0n) is 10.9. The van der Waals surface area contributed by atoms with Gasteiger partial charge in [-0.15, -0.1) is 11.8 Å². The van der Waals surface area contributed by atoms with Crippen molar-refractivity contribution >= 4 is 35.0 Å². The van der Waals surface area contributed by atoms with Crippen molar-refractivity contribution in [2.24, 2.45) is 0 Å². The van der Waals surface area contributed by atoms with E-state index in [4.69, 9.17) is 23.2 Å². The molecule has 1 atom stereocenters. The number of halogens is 3. The molecule has 0 aliphatic heterocycles. The van der Waals surface area contributed by atoms with Crippen molar-refractivity contribution in [3.8, 4) is 0 Å². The van der Waals surface area contributed by atoms with Crippen LogP contribution in [0.3, 0.4) is 0 Å². The molecule has 0 fully saturated rings. The maximum absolute atomic E-state index is 13.1. The Morgan fingerprint density at radius 1 is 1.15 bits per heavy atom. The van der Waals surface area contributed by atoms with Gasteiger partial charge in [-0.05, 0) is 42.9 Å². The van der Waals surface area contributed by atoms with Crippen LogP contribution in [0, 0.1) is 5.82 Å². The van der Waals surface area contributed by atoms with Gasteiger partial charge in [0, 0.05) is 16.7 Å². The van der Waals surface area contributed by atoms with Crippen LogP contribution in [0.4, 0.5) is 4.39 Å². The van der Waals surface area contributed by atoms with Gasteiger partial charge in [0.05, 0.1) is 10.0 Å². The zero-order valence-corrected chi connectivity index (χ0v) is 13.2. The third-order valence-electron chi connectivity index (χ3n) is 2.91. The van der Waals surface area contributed by atoms with Crippen LogP contribution in [0.15, 0.2) is 47.4 Å². The van der Waals surface area contributed by atoms with Gasteiger partial charge in [0.25, 0.3) is 0 Å². The zero-order chi connectivity index (χ0) is 14.5. The number of rotatable bonds is 5. The van der Waals surface area contributed by atoms with Crippen molar-refractivity contribution < 1.29 is 4.39 Å². The lowest BCUT2D eigenvalue weighted by Crippen LogP contribution is -2.18. The molecule has 0 radical (unpaired) electrons. The molecule has 1 N–H and O–H groups in total. The van der Waals surface area contributed by atoms with Crippen LogP contribution < -0.4 is 5.32 Å². The second-order valence-corrected chi connectivity index (χ2v) is 6.19. The summed E-state index contributed by atoms with van der Waals surface area (Å²) in [5.41, 5.74) is 1.06. The van der Waals surface area contributed by atoms with Crippen LogP contribution in [0.1, 0.15) is 11.6 Å². The van der Waals surface area contributed by atoms with Gasteiger partial charge in [-0.25, -0.2) is 4.39 Å². The summed E-state index contributed by atoms with van der Waals surface area (Å²) in [4.78, 5) is 0.908. The van der Waals surface area contributed by atoms with Crippen LogP contribution in [0.2, 0.25) is 10.0 Å². The predicted molar refractivity (Wildman–Crippen MR) is 85.4 cm³/mol. The smallest absolute Gasteiger partial charge is 0.124 e. The third-order valence-corrected chi connectivity index (χ3v) is 4.73. The highest BCUT2D eigenvalue weighted by Crippen LogP contribution is 2.29. The third kappa shape index (κ3) is 4.13. The molecule has 0 amide bonds. The van der Waals surface area contributed by atoms with Crippen LogP contribution in [-0.4, -0.2) is 12.8 Å². The van der Waals surface area contributed by atoms with Crippen molar-refractivity contribution in [2.75, 3.05) is 12.8 Å². The molecule has 5 heteroatoms. The highest BCUT2D eigenvalue weighted by Gasteiger charge is 2.11. The van der Waals surface area contributed by atoms with Crippen molar-refractivity contribution in [3.63, 3.8) is 0 Å². The Morgan fingerprint density at radius 2 is 1.95 bits per heavy atom. The summed E-state index contributed by atoms with van der Waals surface area (Å²) in [6, 6.07) is 12.3. The maximum atomic E-state index is 13.1. The Bertz CT molecular complexity index is 592. The van der Waals surface area contributed by atoms with Crippen molar-refractivity contribution in [1.29, 1.82) is 0 Å². The summed E-state index contributed by atoms with van der Waals surface area (Å²) < 4.78 is 13.1. The van der Waals surface area contributed by atoms with Gasteiger partial charge in [-0.3, -0.25) is 0 Å². The molecule has 1 unspecified atom stereocenters. The molecule has 0 aliphatic rings. The molecule has 0 saturated carbocycles. The van der Waals surface area contributed by atoms with Crippen LogP contribution >= 0.6 is 35.0 Å². The minimum absolute atomic E-state index is 0.123. The molecule has 20 heavy (non-hydrogen) atoms. The monoisotopic (exact) mass is 329 g/mol. The van der Waals surface area contributed by atoms with E-state index in [2.05, 4.69) is 5.32 Å². The molecule has 0 aliphatic carbocycles. The van der Waals surface area contributed by atoms with Gasteiger partial charge in [0.1, 0.15) is 5.82 Å². The normalized spacial score (nSPS) is 12.4. The van der Waals surface area contributed by atoms with E-state index in [1.807, 2.05) is 25.2 Å². The van der Waals surface area contributed by atoms with Crippen LogP contribution in [-0.2, 0) is 0 Å². The molecule has 2 rings (SSSR count). The molecule has 1 nitrogen and oxygen atoms in total. The highest BCUT2D eigenvalue weighted by atomic mass is 35.5. The Labute approximate surface area is 132 Å². The summed E-state index contributed by atoms with van der Waals surface area (Å²) in [5.74, 6) is 0.559. The first-order valence-corrected chi connectivity index (χ1v) is 7.85. The minimum atomic E-state index is -0.217. The van der Waals surface area contributed by atoms with E-state index in [9.17, 15) is 4.39 Å². The topological polar surface area (TPSA) is 12.0 Å². The van der Waals surface area contributed by atoms with Crippen LogP contribution in [0.5, 0.6) is 0 Å². The van der Waals surface area contributed by atoms with Gasteiger partial charge in [-0.2, -0.15) is 0 Å². The maximum Gasteiger partial charge on any atom is 0.124 e. The lowest BCUT2D eigenvalue weighted by Gasteiger charge is -2.17. The first kappa shape index (κ1) is 15.6. The van der Waals surface area contributed by atoms with Crippen LogP contribution in [0.25, 0.3) is 0 Å². The quantitative estimate of drug-likeness (QED) is 0.758. The lowest BCUT2D eigenvalue weighted by atomic mass is 10.1. The Morgan fingerprint density at radius 3 is 2.60 bits per heavy atom. The Balaban J connectivity index is 2.07. The number of thioether (sulfide) groups is 1. The second kappa shape index (κ2) is 7.32. The highest BCUT2D eigenvalue weighted by molar-refractivity contribution is 7.99. The summed E-state index contributed by atoms with van der Waals surface area (Å²) in [7, 11) is 1.89. The Hall–Kier alpha value is -0.740. The molecular formula is C15H14Cl2FNS. The molecule has 0 aromatic heterocycles. The number of hydrogen-bond donors (Lipinski definition) is 1. The van der Waals surface area contributed by atoms with E-state index < -0.39 is 0 Å². The van der Waals surface area contributed by atoms with Gasteiger partial charge in [0.2, 0.25) is 0 Å². The Kier molecular flexibility index (Phi) is 5.73. The van der Waals surface area contributed by atoms with Gasteiger partial charge in [-0.1, -0.05) is 35.3 Å². The lowest BCUT2D eigenvalue weighted by molar-refractivity contribution is 0.624. The summed E-state index contributed by atoms with van der Waals surface area (Å²) in [6.07, 6.45) is 0. The summed E-state index contributed by atoms with van der Waals surface area (Å²) in [6.45, 7) is 0. The summed E-state index contributed by atoms with van der Waals surface area (Å²) in [5, 5.41) is 4.32. The molecule has 2 aromatic carbocycles. The summed E-state index contributed by atoms with van der Waals surface area (Å²) >= 11 is 13.5. The SMILES string of the molecule is CNC(CSc1cccc(F)c1)c1ccc(Cl)c(Cl)c1. The number of benzene rings is 2. The van der Waals surface area contributed by atoms with E-state index in [0.717, 1.165) is 16.2 Å². The first-order valence-electron chi connectivity index (χ1n) is 6.10. The molecule has 0 bridgehead atoms. The fourth-order valence-corrected chi connectivity index (χ4v) is 3.21. The van der Waals surface area contributed by atoms with E-state index >= 15 is 0 Å². The van der Waals surface area contributed by atoms with Crippen molar-refractivity contribution in [3.05, 3.63) is 63.9 Å². The van der Waals surface area contributed by atoms with Gasteiger partial charge >= 0.3 is 0 Å². The van der Waals surface area contributed by atoms with E-state index in [0.29, 0.717) is 10.0 Å². The van der Waals surface area contributed by atoms with Crippen molar-refractivity contribution in [2.45, 2.75) is 10.9 Å². The van der Waals surface area contributed by atoms with Gasteiger partial charge < -0.3 is 5.32 Å². The fourth-order valence-electron chi connectivity index (χ4n) is 1.81. The standard InChI is InChI=1S/C15H14Cl2FNS/c1-19-15(10-5-6-13(16)14(17)7-10)9-20-12-4-2-3-11(18)8-12/h2-8,15,19H,9H2,1H3. The molecule has 0 heterocycles. The predicted octanol–water partition coefficient (Wildman–Crippen LogP) is 5.19. The van der Waals surface area contributed by atoms with E-state index in [-0.39, 0.29) is 11.9 Å². The molecule has 2 aromatic rings. The molecular weight excluding hydrogens is 316 g/mol. The van der Waals surface area contributed by atoms with E-state index in [1.165, 1.54) is 12.1 Å². The minimum Gasteiger partial charge on any atom is -0.312 e.